The third-order valence-corrected chi connectivity index (χ3v) is 6.12. The molecule has 0 spiro atoms. The molecule has 0 unspecified atom stereocenters. The molecule has 0 aliphatic carbocycles. The van der Waals surface area contributed by atoms with Gasteiger partial charge in [-0.2, -0.15) is 5.10 Å². The van der Waals surface area contributed by atoms with Crippen molar-refractivity contribution >= 4 is 11.8 Å². The Morgan fingerprint density at radius 1 is 1.06 bits per heavy atom. The highest BCUT2D eigenvalue weighted by molar-refractivity contribution is 5.94. The fourth-order valence-electron chi connectivity index (χ4n) is 4.13. The molecule has 2 amide bonds. The molecule has 2 heterocycles. The minimum Gasteiger partial charge on any atom is -0.493 e. The van der Waals surface area contributed by atoms with Crippen molar-refractivity contribution in [3.8, 4) is 11.5 Å². The number of hydrogen-bond acceptors (Lipinski definition) is 5. The summed E-state index contributed by atoms with van der Waals surface area (Å²) in [7, 11) is 3.19. The zero-order valence-corrected chi connectivity index (χ0v) is 19.8. The van der Waals surface area contributed by atoms with Crippen molar-refractivity contribution in [1.82, 2.24) is 20.4 Å². The van der Waals surface area contributed by atoms with Gasteiger partial charge in [-0.25, -0.2) is 0 Å². The van der Waals surface area contributed by atoms with Gasteiger partial charge in [-0.15, -0.1) is 0 Å². The minimum absolute atomic E-state index is 0.0514. The molecule has 0 saturated heterocycles. The summed E-state index contributed by atoms with van der Waals surface area (Å²) in [5.41, 5.74) is 5.25. The molecule has 0 atom stereocenters. The van der Waals surface area contributed by atoms with Crippen LogP contribution >= 0.6 is 0 Å². The van der Waals surface area contributed by atoms with Crippen LogP contribution in [0.1, 0.15) is 38.4 Å². The number of hydrogen-bond donors (Lipinski definition) is 2. The van der Waals surface area contributed by atoms with Gasteiger partial charge in [-0.1, -0.05) is 35.9 Å². The number of fused-ring (bicyclic) bond motifs is 1. The average molecular weight is 463 g/mol. The number of aryl methyl sites for hydroxylation is 1. The number of nitrogens with zero attached hydrogens (tertiary/aromatic N) is 2. The number of H-pyrrole nitrogens is 1. The highest BCUT2D eigenvalue weighted by Crippen LogP contribution is 2.27. The molecule has 1 aliphatic heterocycles. The molecule has 1 aliphatic rings. The standard InChI is InChI=1S/C26H30N4O4/c1-17-4-6-18(7-5-17)15-24(31)30-13-11-21-20(16-30)25(29-28-21)26(32)27-12-10-19-8-9-22(33-2)23(14-19)34-3/h4-9,14H,10-13,15-16H2,1-3H3,(H,27,32)(H,28,29). The van der Waals surface area contributed by atoms with Crippen LogP contribution in [-0.4, -0.2) is 54.2 Å². The molecule has 0 radical (unpaired) electrons. The maximum atomic E-state index is 12.9. The Kier molecular flexibility index (Phi) is 7.15. The van der Waals surface area contributed by atoms with Gasteiger partial charge in [0.15, 0.2) is 17.2 Å². The molecule has 34 heavy (non-hydrogen) atoms. The second kappa shape index (κ2) is 10.4. The van der Waals surface area contributed by atoms with Crippen LogP contribution in [0.15, 0.2) is 42.5 Å². The highest BCUT2D eigenvalue weighted by Gasteiger charge is 2.27. The zero-order chi connectivity index (χ0) is 24.1. The van der Waals surface area contributed by atoms with Crippen molar-refractivity contribution in [2.45, 2.75) is 32.7 Å². The van der Waals surface area contributed by atoms with Crippen molar-refractivity contribution in [2.75, 3.05) is 27.3 Å². The quantitative estimate of drug-likeness (QED) is 0.537. The molecule has 1 aromatic heterocycles. The smallest absolute Gasteiger partial charge is 0.272 e. The summed E-state index contributed by atoms with van der Waals surface area (Å²) in [6.07, 6.45) is 1.64. The number of ether oxygens (including phenoxy) is 2. The summed E-state index contributed by atoms with van der Waals surface area (Å²) >= 11 is 0. The second-order valence-electron chi connectivity index (χ2n) is 8.45. The minimum atomic E-state index is -0.245. The van der Waals surface area contributed by atoms with E-state index in [9.17, 15) is 9.59 Å². The summed E-state index contributed by atoms with van der Waals surface area (Å²) in [6, 6.07) is 13.7. The van der Waals surface area contributed by atoms with Crippen LogP contribution < -0.4 is 14.8 Å². The predicted octanol–water partition coefficient (Wildman–Crippen LogP) is 2.84. The predicted molar refractivity (Wildman–Crippen MR) is 128 cm³/mol. The summed E-state index contributed by atoms with van der Waals surface area (Å²) < 4.78 is 10.6. The highest BCUT2D eigenvalue weighted by atomic mass is 16.5. The van der Waals surface area contributed by atoms with Gasteiger partial charge in [0, 0.05) is 37.3 Å². The normalized spacial score (nSPS) is 12.7. The van der Waals surface area contributed by atoms with Gasteiger partial charge in [0.2, 0.25) is 5.91 Å². The first-order valence-electron chi connectivity index (χ1n) is 11.4. The van der Waals surface area contributed by atoms with Crippen LogP contribution in [0.2, 0.25) is 0 Å². The number of carbonyl (C=O) groups is 2. The van der Waals surface area contributed by atoms with Gasteiger partial charge in [-0.05, 0) is 36.6 Å². The molecular weight excluding hydrogens is 432 g/mol. The second-order valence-corrected chi connectivity index (χ2v) is 8.45. The number of rotatable bonds is 8. The lowest BCUT2D eigenvalue weighted by Crippen LogP contribution is -2.37. The number of amides is 2. The van der Waals surface area contributed by atoms with Crippen LogP contribution in [0.25, 0.3) is 0 Å². The Balaban J connectivity index is 1.35. The Morgan fingerprint density at radius 2 is 1.79 bits per heavy atom. The topological polar surface area (TPSA) is 96.5 Å². The van der Waals surface area contributed by atoms with Crippen LogP contribution in [0.4, 0.5) is 0 Å². The van der Waals surface area contributed by atoms with Crippen molar-refractivity contribution in [2.24, 2.45) is 0 Å². The summed E-state index contributed by atoms with van der Waals surface area (Å²) in [5.74, 6) is 1.13. The third-order valence-electron chi connectivity index (χ3n) is 6.12. The van der Waals surface area contributed by atoms with Crippen LogP contribution in [0.5, 0.6) is 11.5 Å². The van der Waals surface area contributed by atoms with E-state index < -0.39 is 0 Å². The van der Waals surface area contributed by atoms with Crippen molar-refractivity contribution in [1.29, 1.82) is 0 Å². The van der Waals surface area contributed by atoms with Gasteiger partial charge in [0.25, 0.3) is 5.91 Å². The fourth-order valence-corrected chi connectivity index (χ4v) is 4.13. The lowest BCUT2D eigenvalue weighted by Gasteiger charge is -2.27. The van der Waals surface area contributed by atoms with Crippen LogP contribution in [-0.2, 0) is 30.6 Å². The molecule has 178 valence electrons. The lowest BCUT2D eigenvalue weighted by atomic mass is 10.0. The maximum Gasteiger partial charge on any atom is 0.272 e. The van der Waals surface area contributed by atoms with Gasteiger partial charge >= 0.3 is 0 Å². The van der Waals surface area contributed by atoms with Crippen molar-refractivity contribution < 1.29 is 19.1 Å². The molecule has 2 aromatic carbocycles. The Labute approximate surface area is 199 Å². The first-order chi connectivity index (χ1) is 16.5. The van der Waals surface area contributed by atoms with E-state index in [0.29, 0.717) is 56.1 Å². The van der Waals surface area contributed by atoms with E-state index >= 15 is 0 Å². The van der Waals surface area contributed by atoms with E-state index in [1.165, 1.54) is 5.56 Å². The van der Waals surface area contributed by atoms with E-state index in [1.54, 1.807) is 19.1 Å². The number of aromatic nitrogens is 2. The van der Waals surface area contributed by atoms with E-state index in [1.807, 2.05) is 49.4 Å². The molecular formula is C26H30N4O4. The Bertz CT molecular complexity index is 1170. The number of nitrogens with one attached hydrogen (secondary N) is 2. The molecule has 2 N–H and O–H groups in total. The van der Waals surface area contributed by atoms with E-state index in [2.05, 4.69) is 15.5 Å². The average Bonchev–Trinajstić information content (AvgIpc) is 3.28. The molecule has 8 heteroatoms. The first-order valence-corrected chi connectivity index (χ1v) is 11.4. The van der Waals surface area contributed by atoms with Gasteiger partial charge < -0.3 is 19.7 Å². The summed E-state index contributed by atoms with van der Waals surface area (Å²) in [6.45, 7) is 3.47. The molecule has 0 bridgehead atoms. The SMILES string of the molecule is COc1ccc(CCNC(=O)c2n[nH]c3c2CN(C(=O)Cc2ccc(C)cc2)CC3)cc1OC. The van der Waals surface area contributed by atoms with E-state index in [4.69, 9.17) is 9.47 Å². The maximum absolute atomic E-state index is 12.9. The van der Waals surface area contributed by atoms with Crippen LogP contribution in [0, 0.1) is 6.92 Å². The third kappa shape index (κ3) is 5.22. The van der Waals surface area contributed by atoms with Gasteiger partial charge in [0.1, 0.15) is 0 Å². The largest absolute Gasteiger partial charge is 0.493 e. The number of benzene rings is 2. The Morgan fingerprint density at radius 3 is 2.53 bits per heavy atom. The first kappa shape index (κ1) is 23.4. The van der Waals surface area contributed by atoms with E-state index in [0.717, 1.165) is 22.4 Å². The van der Waals surface area contributed by atoms with Gasteiger partial charge in [-0.3, -0.25) is 14.7 Å². The Hall–Kier alpha value is -3.81. The van der Waals surface area contributed by atoms with Crippen molar-refractivity contribution in [3.05, 3.63) is 76.1 Å². The fraction of sp³-hybridized carbons (Fsp3) is 0.346. The summed E-state index contributed by atoms with van der Waals surface area (Å²) in [5, 5.41) is 10.2. The molecule has 8 nitrogen and oxygen atoms in total. The van der Waals surface area contributed by atoms with E-state index in [-0.39, 0.29) is 11.8 Å². The monoisotopic (exact) mass is 462 g/mol. The number of carbonyl (C=O) groups excluding carboxylic acids is 2. The molecule has 0 saturated carbocycles. The molecule has 4 rings (SSSR count). The number of aromatic amines is 1. The number of methoxy groups -OCH3 is 2. The zero-order valence-electron chi connectivity index (χ0n) is 19.8. The van der Waals surface area contributed by atoms with Crippen LogP contribution in [0.3, 0.4) is 0 Å². The van der Waals surface area contributed by atoms with Crippen molar-refractivity contribution in [3.63, 3.8) is 0 Å². The molecule has 0 fully saturated rings. The van der Waals surface area contributed by atoms with Gasteiger partial charge in [0.05, 0.1) is 20.6 Å². The molecule has 3 aromatic rings. The summed E-state index contributed by atoms with van der Waals surface area (Å²) in [4.78, 5) is 27.5. The lowest BCUT2D eigenvalue weighted by molar-refractivity contribution is -0.131.